The fraction of sp³-hybridized carbons (Fsp3) is 0.667. The number of carbonyl (C=O) groups excluding carboxylic acids is 2. The molecule has 1 aromatic rings. The number of sulfonamides is 1. The van der Waals surface area contributed by atoms with E-state index >= 15 is 0 Å². The highest BCUT2D eigenvalue weighted by atomic mass is 32.2. The van der Waals surface area contributed by atoms with Crippen molar-refractivity contribution in [2.45, 2.75) is 49.1 Å². The van der Waals surface area contributed by atoms with E-state index in [-0.39, 0.29) is 28.7 Å². The first-order chi connectivity index (χ1) is 12.8. The number of hydrogen-bond donors (Lipinski definition) is 1. The van der Waals surface area contributed by atoms with Gasteiger partial charge in [0.1, 0.15) is 10.6 Å². The van der Waals surface area contributed by atoms with E-state index < -0.39 is 10.0 Å². The Balaban J connectivity index is 1.54. The van der Waals surface area contributed by atoms with Crippen LogP contribution in [0.15, 0.2) is 17.2 Å². The maximum atomic E-state index is 13.1. The largest absolute Gasteiger partial charge is 0.354 e. The molecule has 2 amide bonds. The van der Waals surface area contributed by atoms with Crippen molar-refractivity contribution in [3.63, 3.8) is 0 Å². The van der Waals surface area contributed by atoms with Crippen LogP contribution in [0, 0.1) is 5.92 Å². The van der Waals surface area contributed by atoms with Crippen LogP contribution in [0.4, 0.5) is 0 Å². The smallest absolute Gasteiger partial charge is 0.267 e. The summed E-state index contributed by atoms with van der Waals surface area (Å²) in [6.45, 7) is 0.845. The first kappa shape index (κ1) is 18.5. The Kier molecular flexibility index (Phi) is 4.54. The zero-order chi connectivity index (χ0) is 19.3. The minimum absolute atomic E-state index is 0.146. The molecule has 148 valence electrons. The topological polar surface area (TPSA) is 91.7 Å². The van der Waals surface area contributed by atoms with Crippen molar-refractivity contribution in [2.24, 2.45) is 13.0 Å². The molecule has 27 heavy (non-hydrogen) atoms. The number of aryl methyl sites for hydroxylation is 1. The quantitative estimate of drug-likeness (QED) is 0.807. The number of hydrogen-bond acceptors (Lipinski definition) is 4. The van der Waals surface area contributed by atoms with E-state index in [1.165, 1.54) is 28.2 Å². The Morgan fingerprint density at radius 2 is 1.96 bits per heavy atom. The average molecular weight is 394 g/mol. The number of nitrogens with one attached hydrogen (secondary N) is 1. The molecular formula is C18H26N4O4S. The number of carbonyl (C=O) groups is 2. The van der Waals surface area contributed by atoms with Crippen LogP contribution in [0.3, 0.4) is 0 Å². The lowest BCUT2D eigenvalue weighted by atomic mass is 9.84. The summed E-state index contributed by atoms with van der Waals surface area (Å²) in [5.74, 6) is 0.103. The zero-order valence-corrected chi connectivity index (χ0v) is 16.5. The normalized spacial score (nSPS) is 26.7. The molecule has 4 rings (SSSR count). The van der Waals surface area contributed by atoms with Gasteiger partial charge in [0.2, 0.25) is 15.9 Å². The number of amides is 2. The molecule has 8 nitrogen and oxygen atoms in total. The van der Waals surface area contributed by atoms with Gasteiger partial charge in [0, 0.05) is 51.9 Å². The minimum Gasteiger partial charge on any atom is -0.354 e. The first-order valence-corrected chi connectivity index (χ1v) is 11.0. The van der Waals surface area contributed by atoms with Crippen molar-refractivity contribution in [2.75, 3.05) is 20.1 Å². The number of rotatable bonds is 4. The Labute approximate surface area is 159 Å². The van der Waals surface area contributed by atoms with Crippen LogP contribution >= 0.6 is 0 Å². The summed E-state index contributed by atoms with van der Waals surface area (Å²) in [5, 5.41) is 2.52. The maximum absolute atomic E-state index is 13.1. The van der Waals surface area contributed by atoms with Gasteiger partial charge in [-0.25, -0.2) is 8.42 Å². The second-order valence-electron chi connectivity index (χ2n) is 7.80. The van der Waals surface area contributed by atoms with E-state index in [1.807, 2.05) is 4.90 Å². The molecule has 3 aliphatic rings. The molecule has 0 aromatic carbocycles. The van der Waals surface area contributed by atoms with Gasteiger partial charge in [-0.05, 0) is 37.7 Å². The molecule has 1 aliphatic carbocycles. The van der Waals surface area contributed by atoms with E-state index in [4.69, 9.17) is 0 Å². The molecule has 0 radical (unpaired) electrons. The summed E-state index contributed by atoms with van der Waals surface area (Å²) in [6, 6.07) is 1.97. The van der Waals surface area contributed by atoms with Crippen LogP contribution in [-0.4, -0.2) is 66.2 Å². The van der Waals surface area contributed by atoms with Crippen LogP contribution in [0.25, 0.3) is 0 Å². The van der Waals surface area contributed by atoms with Crippen molar-refractivity contribution in [1.82, 2.24) is 19.1 Å². The molecule has 0 bridgehead atoms. The molecule has 1 N–H and O–H groups in total. The van der Waals surface area contributed by atoms with Crippen LogP contribution in [-0.2, 0) is 21.9 Å². The highest BCUT2D eigenvalue weighted by Gasteiger charge is 2.47. The minimum atomic E-state index is -3.66. The van der Waals surface area contributed by atoms with E-state index in [0.29, 0.717) is 37.7 Å². The molecule has 2 atom stereocenters. The maximum Gasteiger partial charge on any atom is 0.267 e. The van der Waals surface area contributed by atoms with E-state index in [1.54, 1.807) is 7.05 Å². The lowest BCUT2D eigenvalue weighted by Gasteiger charge is -2.46. The highest BCUT2D eigenvalue weighted by molar-refractivity contribution is 7.89. The van der Waals surface area contributed by atoms with Gasteiger partial charge in [-0.3, -0.25) is 9.59 Å². The Morgan fingerprint density at radius 1 is 1.22 bits per heavy atom. The summed E-state index contributed by atoms with van der Waals surface area (Å²) in [6.07, 6.45) is 5.58. The van der Waals surface area contributed by atoms with Gasteiger partial charge in [0.15, 0.2) is 0 Å². The van der Waals surface area contributed by atoms with E-state index in [9.17, 15) is 18.0 Å². The van der Waals surface area contributed by atoms with Gasteiger partial charge in [0.25, 0.3) is 5.91 Å². The van der Waals surface area contributed by atoms with E-state index in [0.717, 1.165) is 19.3 Å². The third-order valence-electron chi connectivity index (χ3n) is 6.05. The summed E-state index contributed by atoms with van der Waals surface area (Å²) in [4.78, 5) is 26.4. The van der Waals surface area contributed by atoms with Crippen LogP contribution < -0.4 is 5.32 Å². The standard InChI is InChI=1S/C18H26N4O4S/c1-19-18(24)16-9-14(11-20(16)2)27(25,26)21-8-7-15-12(10-21)3-6-17(23)22(15)13-4-5-13/h9,11-13,15H,3-8,10H2,1-2H3,(H,19,24). The second kappa shape index (κ2) is 6.63. The molecule has 3 heterocycles. The Morgan fingerprint density at radius 3 is 2.63 bits per heavy atom. The second-order valence-corrected chi connectivity index (χ2v) is 9.74. The molecular weight excluding hydrogens is 368 g/mol. The van der Waals surface area contributed by atoms with Crippen LogP contribution in [0.2, 0.25) is 0 Å². The number of aromatic nitrogens is 1. The number of nitrogens with zero attached hydrogens (tertiary/aromatic N) is 3. The molecule has 3 fully saturated rings. The van der Waals surface area contributed by atoms with Crippen LogP contribution in [0.5, 0.6) is 0 Å². The number of likely N-dealkylation sites (tertiary alicyclic amines) is 1. The van der Waals surface area contributed by atoms with Gasteiger partial charge in [0.05, 0.1) is 0 Å². The average Bonchev–Trinajstić information content (AvgIpc) is 3.41. The fourth-order valence-electron chi connectivity index (χ4n) is 4.48. The van der Waals surface area contributed by atoms with Gasteiger partial charge < -0.3 is 14.8 Å². The van der Waals surface area contributed by atoms with Gasteiger partial charge in [-0.2, -0.15) is 4.31 Å². The zero-order valence-electron chi connectivity index (χ0n) is 15.7. The third-order valence-corrected chi connectivity index (χ3v) is 7.88. The predicted octanol–water partition coefficient (Wildman–Crippen LogP) is 0.549. The first-order valence-electron chi connectivity index (χ1n) is 9.52. The van der Waals surface area contributed by atoms with Gasteiger partial charge in [-0.1, -0.05) is 0 Å². The summed E-state index contributed by atoms with van der Waals surface area (Å²) in [5.41, 5.74) is 0.314. The van der Waals surface area contributed by atoms with E-state index in [2.05, 4.69) is 5.32 Å². The van der Waals surface area contributed by atoms with Crippen molar-refractivity contribution < 1.29 is 18.0 Å². The molecule has 9 heteroatoms. The molecule has 2 unspecified atom stereocenters. The predicted molar refractivity (Wildman–Crippen MR) is 98.6 cm³/mol. The van der Waals surface area contributed by atoms with Crippen molar-refractivity contribution in [3.05, 3.63) is 18.0 Å². The molecule has 2 aliphatic heterocycles. The molecule has 1 saturated carbocycles. The summed E-state index contributed by atoms with van der Waals surface area (Å²) in [7, 11) is -0.482. The van der Waals surface area contributed by atoms with Crippen molar-refractivity contribution in [1.29, 1.82) is 0 Å². The fourth-order valence-corrected chi connectivity index (χ4v) is 6.07. The molecule has 2 saturated heterocycles. The van der Waals surface area contributed by atoms with Crippen molar-refractivity contribution >= 4 is 21.8 Å². The lowest BCUT2D eigenvalue weighted by molar-refractivity contribution is -0.141. The van der Waals surface area contributed by atoms with Crippen LogP contribution in [0.1, 0.15) is 42.6 Å². The summed E-state index contributed by atoms with van der Waals surface area (Å²) >= 11 is 0. The van der Waals surface area contributed by atoms with Gasteiger partial charge in [-0.15, -0.1) is 0 Å². The Bertz CT molecular complexity index is 874. The lowest BCUT2D eigenvalue weighted by Crippen LogP contribution is -2.57. The molecule has 0 spiro atoms. The summed E-state index contributed by atoms with van der Waals surface area (Å²) < 4.78 is 29.3. The monoisotopic (exact) mass is 394 g/mol. The van der Waals surface area contributed by atoms with Gasteiger partial charge >= 0.3 is 0 Å². The highest BCUT2D eigenvalue weighted by Crippen LogP contribution is 2.39. The number of piperidine rings is 2. The van der Waals surface area contributed by atoms with Crippen molar-refractivity contribution in [3.8, 4) is 0 Å². The SMILES string of the molecule is CNC(=O)c1cc(S(=O)(=O)N2CCC3C(CCC(=O)N3C3CC3)C2)cn1C. The number of fused-ring (bicyclic) bond motifs is 1. The Hall–Kier alpha value is -1.87. The third kappa shape index (κ3) is 3.16. The molecule has 1 aromatic heterocycles.